The van der Waals surface area contributed by atoms with E-state index in [9.17, 15) is 4.79 Å². The molecule has 0 bridgehead atoms. The van der Waals surface area contributed by atoms with Crippen LogP contribution in [0.4, 0.5) is 4.79 Å². The van der Waals surface area contributed by atoms with Crippen molar-refractivity contribution in [3.05, 3.63) is 54.0 Å². The number of nitrogens with one attached hydrogen (secondary N) is 1. The molecule has 1 unspecified atom stereocenters. The van der Waals surface area contributed by atoms with Gasteiger partial charge in [-0.1, -0.05) is 25.0 Å². The van der Waals surface area contributed by atoms with Gasteiger partial charge in [-0.15, -0.1) is 0 Å². The van der Waals surface area contributed by atoms with Crippen LogP contribution in [0.2, 0.25) is 0 Å². The summed E-state index contributed by atoms with van der Waals surface area (Å²) in [4.78, 5) is 24.4. The first-order valence-electron chi connectivity index (χ1n) is 11.2. The number of carbonyl (C=O) groups excluding carboxylic acids is 1. The molecular weight excluding hydrogens is 390 g/mol. The zero-order valence-electron chi connectivity index (χ0n) is 18.0. The molecule has 1 saturated heterocycles. The van der Waals surface area contributed by atoms with Crippen molar-refractivity contribution < 1.29 is 9.53 Å². The molecule has 1 N–H and O–H groups in total. The van der Waals surface area contributed by atoms with Gasteiger partial charge in [-0.2, -0.15) is 0 Å². The first kappa shape index (κ1) is 19.8. The summed E-state index contributed by atoms with van der Waals surface area (Å²) in [5.41, 5.74) is 2.94. The monoisotopic (exact) mass is 419 g/mol. The fourth-order valence-electron chi connectivity index (χ4n) is 4.99. The van der Waals surface area contributed by atoms with Crippen molar-refractivity contribution in [2.24, 2.45) is 0 Å². The lowest BCUT2D eigenvalue weighted by atomic mass is 10.1. The number of hydrogen-bond donors (Lipinski definition) is 1. The molecule has 1 saturated carbocycles. The lowest BCUT2D eigenvalue weighted by molar-refractivity contribution is 0.206. The summed E-state index contributed by atoms with van der Waals surface area (Å²) in [7, 11) is 1.65. The lowest BCUT2D eigenvalue weighted by Crippen LogP contribution is -2.38. The van der Waals surface area contributed by atoms with Crippen molar-refractivity contribution in [3.63, 3.8) is 0 Å². The Morgan fingerprint density at radius 1 is 1.19 bits per heavy atom. The highest BCUT2D eigenvalue weighted by Gasteiger charge is 2.33. The number of carbonyl (C=O) groups is 1. The van der Waals surface area contributed by atoms with E-state index in [-0.39, 0.29) is 12.1 Å². The number of ether oxygens (including phenoxy) is 1. The molecule has 2 amide bonds. The molecule has 3 heterocycles. The van der Waals surface area contributed by atoms with Crippen LogP contribution in [0.25, 0.3) is 11.2 Å². The van der Waals surface area contributed by atoms with Gasteiger partial charge in [0.25, 0.3) is 0 Å². The predicted molar refractivity (Wildman–Crippen MR) is 119 cm³/mol. The Bertz CT molecular complexity index is 1070. The Balaban J connectivity index is 1.30. The molecule has 7 heteroatoms. The van der Waals surface area contributed by atoms with Crippen LogP contribution in [-0.2, 0) is 6.54 Å². The second-order valence-electron chi connectivity index (χ2n) is 8.57. The van der Waals surface area contributed by atoms with Crippen LogP contribution in [0.15, 0.2) is 42.6 Å². The van der Waals surface area contributed by atoms with E-state index in [1.54, 1.807) is 7.11 Å². The van der Waals surface area contributed by atoms with E-state index in [4.69, 9.17) is 9.72 Å². The molecule has 3 aromatic rings. The van der Waals surface area contributed by atoms with Gasteiger partial charge in [-0.3, -0.25) is 0 Å². The molecule has 2 aromatic heterocycles. The van der Waals surface area contributed by atoms with E-state index in [2.05, 4.69) is 14.9 Å². The fraction of sp³-hybridized carbons (Fsp3) is 0.458. The number of benzene rings is 1. The maximum atomic E-state index is 12.8. The third-order valence-corrected chi connectivity index (χ3v) is 6.59. The zero-order chi connectivity index (χ0) is 21.2. The number of methoxy groups -OCH3 is 1. The minimum atomic E-state index is -0.0230. The zero-order valence-corrected chi connectivity index (χ0v) is 18.0. The average molecular weight is 420 g/mol. The summed E-state index contributed by atoms with van der Waals surface area (Å²) in [6.45, 7) is 1.91. The van der Waals surface area contributed by atoms with Gasteiger partial charge in [-0.25, -0.2) is 14.8 Å². The molecule has 2 aliphatic rings. The minimum Gasteiger partial charge on any atom is -0.497 e. The van der Waals surface area contributed by atoms with Gasteiger partial charge in [0, 0.05) is 31.7 Å². The van der Waals surface area contributed by atoms with Crippen molar-refractivity contribution in [2.45, 2.75) is 50.6 Å². The highest BCUT2D eigenvalue weighted by Crippen LogP contribution is 2.37. The Labute approximate surface area is 182 Å². The van der Waals surface area contributed by atoms with Crippen molar-refractivity contribution in [3.8, 4) is 5.75 Å². The molecule has 0 radical (unpaired) electrons. The molecule has 7 nitrogen and oxygen atoms in total. The lowest BCUT2D eigenvalue weighted by Gasteiger charge is -2.21. The molecule has 1 aromatic carbocycles. The molecule has 2 fully saturated rings. The largest absolute Gasteiger partial charge is 0.497 e. The van der Waals surface area contributed by atoms with Crippen LogP contribution < -0.4 is 10.1 Å². The van der Waals surface area contributed by atoms with Crippen molar-refractivity contribution in [2.75, 3.05) is 20.2 Å². The summed E-state index contributed by atoms with van der Waals surface area (Å²) < 4.78 is 7.60. The maximum Gasteiger partial charge on any atom is 0.317 e. The third-order valence-electron chi connectivity index (χ3n) is 6.59. The number of fused-ring (bicyclic) bond motifs is 1. The average Bonchev–Trinajstić information content (AvgIpc) is 3.56. The number of hydrogen-bond acceptors (Lipinski definition) is 4. The Morgan fingerprint density at radius 2 is 2.06 bits per heavy atom. The maximum absolute atomic E-state index is 12.8. The molecule has 1 aliphatic carbocycles. The molecule has 5 rings (SSSR count). The quantitative estimate of drug-likeness (QED) is 0.671. The summed E-state index contributed by atoms with van der Waals surface area (Å²) in [6, 6.07) is 12.0. The van der Waals surface area contributed by atoms with Gasteiger partial charge in [0.15, 0.2) is 5.65 Å². The molecular formula is C24H29N5O2. The van der Waals surface area contributed by atoms with Gasteiger partial charge < -0.3 is 19.5 Å². The molecule has 1 aliphatic heterocycles. The Morgan fingerprint density at radius 3 is 2.90 bits per heavy atom. The van der Waals surface area contributed by atoms with E-state index in [0.29, 0.717) is 19.0 Å². The van der Waals surface area contributed by atoms with Crippen LogP contribution in [0.3, 0.4) is 0 Å². The van der Waals surface area contributed by atoms with E-state index in [0.717, 1.165) is 41.3 Å². The second-order valence-corrected chi connectivity index (χ2v) is 8.57. The Kier molecular flexibility index (Phi) is 5.49. The molecule has 162 valence electrons. The first-order valence-corrected chi connectivity index (χ1v) is 11.2. The first-order chi connectivity index (χ1) is 15.2. The topological polar surface area (TPSA) is 72.3 Å². The number of urea groups is 1. The normalized spacial score (nSPS) is 19.3. The molecule has 31 heavy (non-hydrogen) atoms. The fourth-order valence-corrected chi connectivity index (χ4v) is 4.99. The third kappa shape index (κ3) is 3.96. The van der Waals surface area contributed by atoms with Crippen molar-refractivity contribution >= 4 is 17.2 Å². The number of imidazole rings is 1. The van der Waals surface area contributed by atoms with Crippen LogP contribution >= 0.6 is 0 Å². The highest BCUT2D eigenvalue weighted by atomic mass is 16.5. The Hall–Kier alpha value is -3.09. The smallest absolute Gasteiger partial charge is 0.317 e. The summed E-state index contributed by atoms with van der Waals surface area (Å²) in [6.07, 6.45) is 7.69. The van der Waals surface area contributed by atoms with E-state index in [1.807, 2.05) is 47.5 Å². The van der Waals surface area contributed by atoms with Crippen LogP contribution in [0.5, 0.6) is 5.75 Å². The van der Waals surface area contributed by atoms with Crippen molar-refractivity contribution in [1.29, 1.82) is 0 Å². The van der Waals surface area contributed by atoms with Gasteiger partial charge in [0.05, 0.1) is 13.2 Å². The van der Waals surface area contributed by atoms with Gasteiger partial charge in [-0.05, 0) is 49.1 Å². The van der Waals surface area contributed by atoms with Crippen LogP contribution in [0.1, 0.15) is 55.5 Å². The number of pyridine rings is 1. The van der Waals surface area contributed by atoms with Crippen LogP contribution in [-0.4, -0.2) is 45.7 Å². The van der Waals surface area contributed by atoms with Gasteiger partial charge in [0.1, 0.15) is 17.1 Å². The van der Waals surface area contributed by atoms with Crippen LogP contribution in [0, 0.1) is 0 Å². The second kappa shape index (κ2) is 8.57. The summed E-state index contributed by atoms with van der Waals surface area (Å²) in [5.74, 6) is 2.46. The SMILES string of the molecule is COc1cccc(CNC(=O)N2CCC(n3c(C4CCCC4)nc4cccnc43)C2)c1. The van der Waals surface area contributed by atoms with E-state index >= 15 is 0 Å². The summed E-state index contributed by atoms with van der Waals surface area (Å²) in [5, 5.41) is 3.06. The molecule has 0 spiro atoms. The van der Waals surface area contributed by atoms with E-state index < -0.39 is 0 Å². The van der Waals surface area contributed by atoms with Gasteiger partial charge >= 0.3 is 6.03 Å². The van der Waals surface area contributed by atoms with E-state index in [1.165, 1.54) is 25.7 Å². The molecule has 1 atom stereocenters. The predicted octanol–water partition coefficient (Wildman–Crippen LogP) is 4.25. The standard InChI is InChI=1S/C24H29N5O2/c1-31-20-9-4-6-17(14-20)15-26-24(30)28-13-11-19(16-28)29-22(18-7-2-3-8-18)27-21-10-5-12-25-23(21)29/h4-6,9-10,12,14,18-19H,2-3,7-8,11,13,15-16H2,1H3,(H,26,30). The number of nitrogens with zero attached hydrogens (tertiary/aromatic N) is 4. The highest BCUT2D eigenvalue weighted by molar-refractivity contribution is 5.75. The number of amides is 2. The number of likely N-dealkylation sites (tertiary alicyclic amines) is 1. The minimum absolute atomic E-state index is 0.0230. The number of rotatable bonds is 5. The summed E-state index contributed by atoms with van der Waals surface area (Å²) >= 11 is 0. The number of aromatic nitrogens is 3. The van der Waals surface area contributed by atoms with Crippen molar-refractivity contribution in [1.82, 2.24) is 24.8 Å². The van der Waals surface area contributed by atoms with Gasteiger partial charge in [0.2, 0.25) is 0 Å².